The molecule has 0 unspecified atom stereocenters. The van der Waals surface area contributed by atoms with E-state index in [1.807, 2.05) is 24.3 Å². The summed E-state index contributed by atoms with van der Waals surface area (Å²) in [5.41, 5.74) is 2.82. The number of amides is 1. The third-order valence-corrected chi connectivity index (χ3v) is 5.86. The van der Waals surface area contributed by atoms with E-state index < -0.39 is 0 Å². The highest BCUT2D eigenvalue weighted by Gasteiger charge is 2.27. The maximum Gasteiger partial charge on any atom is 0.298 e. The lowest BCUT2D eigenvalue weighted by Gasteiger charge is -2.30. The molecule has 0 bridgehead atoms. The van der Waals surface area contributed by atoms with Gasteiger partial charge in [0.1, 0.15) is 5.52 Å². The van der Waals surface area contributed by atoms with Crippen LogP contribution in [0.5, 0.6) is 0 Å². The van der Waals surface area contributed by atoms with Crippen molar-refractivity contribution in [3.63, 3.8) is 0 Å². The van der Waals surface area contributed by atoms with Crippen molar-refractivity contribution in [3.8, 4) is 0 Å². The molecule has 2 aromatic heterocycles. The van der Waals surface area contributed by atoms with Crippen LogP contribution in [0.2, 0.25) is 0 Å². The fourth-order valence-corrected chi connectivity index (χ4v) is 3.99. The minimum absolute atomic E-state index is 0.00890. The molecule has 0 radical (unpaired) electrons. The van der Waals surface area contributed by atoms with Gasteiger partial charge in [-0.3, -0.25) is 9.59 Å². The van der Waals surface area contributed by atoms with Crippen LogP contribution >= 0.6 is 0 Å². The molecular formula is C24H23N5O3. The van der Waals surface area contributed by atoms with Crippen molar-refractivity contribution in [1.29, 1.82) is 0 Å². The van der Waals surface area contributed by atoms with Crippen molar-refractivity contribution >= 4 is 34.5 Å². The first-order valence-electron chi connectivity index (χ1n) is 10.6. The van der Waals surface area contributed by atoms with Gasteiger partial charge in [0.05, 0.1) is 0 Å². The molecule has 32 heavy (non-hydrogen) atoms. The average Bonchev–Trinajstić information content (AvgIpc) is 3.45. The molecule has 162 valence electrons. The van der Waals surface area contributed by atoms with Crippen LogP contribution in [0.1, 0.15) is 29.0 Å². The van der Waals surface area contributed by atoms with Gasteiger partial charge in [-0.25, -0.2) is 4.98 Å². The number of para-hydroxylation sites is 2. The van der Waals surface area contributed by atoms with Crippen molar-refractivity contribution in [1.82, 2.24) is 14.5 Å². The van der Waals surface area contributed by atoms with E-state index in [4.69, 9.17) is 4.42 Å². The molecule has 1 N–H and O–H groups in total. The van der Waals surface area contributed by atoms with Gasteiger partial charge >= 0.3 is 0 Å². The van der Waals surface area contributed by atoms with E-state index in [1.165, 1.54) is 0 Å². The number of benzene rings is 2. The average molecular weight is 429 g/mol. The van der Waals surface area contributed by atoms with E-state index in [0.717, 1.165) is 23.9 Å². The van der Waals surface area contributed by atoms with Gasteiger partial charge in [0.25, 0.3) is 6.01 Å². The number of anilines is 2. The lowest BCUT2D eigenvalue weighted by molar-refractivity contribution is -0.120. The molecular weight excluding hydrogens is 406 g/mol. The zero-order valence-electron chi connectivity index (χ0n) is 17.7. The molecule has 1 saturated heterocycles. The Balaban J connectivity index is 1.18. The Kier molecular flexibility index (Phi) is 5.18. The van der Waals surface area contributed by atoms with E-state index in [9.17, 15) is 9.59 Å². The number of piperidine rings is 1. The highest BCUT2D eigenvalue weighted by atomic mass is 16.4. The van der Waals surface area contributed by atoms with Crippen molar-refractivity contribution in [2.75, 3.05) is 23.3 Å². The molecule has 1 aliphatic rings. The first kappa shape index (κ1) is 20.0. The van der Waals surface area contributed by atoms with Crippen molar-refractivity contribution in [2.45, 2.75) is 12.8 Å². The summed E-state index contributed by atoms with van der Waals surface area (Å²) in [6, 6.07) is 15.2. The molecule has 8 heteroatoms. The van der Waals surface area contributed by atoms with Crippen LogP contribution in [-0.2, 0) is 11.8 Å². The number of aryl methyl sites for hydroxylation is 1. The maximum absolute atomic E-state index is 12.8. The Morgan fingerprint density at radius 3 is 2.50 bits per heavy atom. The molecule has 5 rings (SSSR count). The van der Waals surface area contributed by atoms with Crippen LogP contribution < -0.4 is 10.2 Å². The molecule has 0 atom stereocenters. The Morgan fingerprint density at radius 1 is 1.06 bits per heavy atom. The Morgan fingerprint density at radius 2 is 1.81 bits per heavy atom. The molecule has 0 aliphatic carbocycles. The van der Waals surface area contributed by atoms with Crippen LogP contribution in [0.15, 0.2) is 65.3 Å². The zero-order chi connectivity index (χ0) is 22.1. The summed E-state index contributed by atoms with van der Waals surface area (Å²) in [5.74, 6) is 0.143. The van der Waals surface area contributed by atoms with E-state index in [1.54, 1.807) is 48.3 Å². The summed E-state index contributed by atoms with van der Waals surface area (Å²) in [6.45, 7) is 1.42. The minimum Gasteiger partial charge on any atom is -0.423 e. The van der Waals surface area contributed by atoms with Crippen molar-refractivity contribution in [3.05, 3.63) is 72.3 Å². The number of carbonyl (C=O) groups excluding carboxylic acids is 2. The summed E-state index contributed by atoms with van der Waals surface area (Å²) in [4.78, 5) is 36.0. The van der Waals surface area contributed by atoms with Crippen molar-refractivity contribution in [2.24, 2.45) is 13.0 Å². The first-order valence-corrected chi connectivity index (χ1v) is 10.6. The number of nitrogens with one attached hydrogen (secondary N) is 1. The molecule has 0 saturated carbocycles. The molecule has 0 spiro atoms. The predicted octanol–water partition coefficient (Wildman–Crippen LogP) is 3.65. The summed E-state index contributed by atoms with van der Waals surface area (Å²) >= 11 is 0. The number of aromatic nitrogens is 3. The lowest BCUT2D eigenvalue weighted by atomic mass is 9.96. The third kappa shape index (κ3) is 3.87. The number of oxazole rings is 1. The van der Waals surface area contributed by atoms with Gasteiger partial charge in [0, 0.05) is 49.7 Å². The largest absolute Gasteiger partial charge is 0.423 e. The molecule has 1 aliphatic heterocycles. The summed E-state index contributed by atoms with van der Waals surface area (Å²) < 4.78 is 7.53. The number of carbonyl (C=O) groups is 2. The molecule has 1 fully saturated rings. The number of nitrogens with zero attached hydrogens (tertiary/aromatic N) is 4. The van der Waals surface area contributed by atoms with Gasteiger partial charge in [0.15, 0.2) is 11.4 Å². The standard InChI is InChI=1S/C24H23N5O3/c1-28-15-12-25-22(28)21(30)16-6-8-18(9-7-16)26-23(31)17-10-13-29(14-11-17)24-27-19-4-2-3-5-20(19)32-24/h2-9,12,15,17H,10-11,13-14H2,1H3,(H,26,31). The highest BCUT2D eigenvalue weighted by Crippen LogP contribution is 2.27. The Labute approximate surface area is 184 Å². The van der Waals surface area contributed by atoms with Crippen LogP contribution in [0.4, 0.5) is 11.7 Å². The van der Waals surface area contributed by atoms with Gasteiger partial charge in [0.2, 0.25) is 11.7 Å². The number of hydrogen-bond acceptors (Lipinski definition) is 6. The van der Waals surface area contributed by atoms with E-state index in [0.29, 0.717) is 36.2 Å². The molecule has 8 nitrogen and oxygen atoms in total. The monoisotopic (exact) mass is 429 g/mol. The number of imidazole rings is 1. The Bertz CT molecular complexity index is 1230. The van der Waals surface area contributed by atoms with E-state index in [2.05, 4.69) is 20.2 Å². The topological polar surface area (TPSA) is 93.3 Å². The van der Waals surface area contributed by atoms with E-state index in [-0.39, 0.29) is 17.6 Å². The second-order valence-electron chi connectivity index (χ2n) is 7.98. The van der Waals surface area contributed by atoms with Gasteiger partial charge < -0.3 is 19.2 Å². The summed E-state index contributed by atoms with van der Waals surface area (Å²) in [6.07, 6.45) is 4.77. The fraction of sp³-hybridized carbons (Fsp3) is 0.250. The second kappa shape index (κ2) is 8.30. The summed E-state index contributed by atoms with van der Waals surface area (Å²) in [7, 11) is 1.78. The zero-order valence-corrected chi connectivity index (χ0v) is 17.7. The predicted molar refractivity (Wildman–Crippen MR) is 121 cm³/mol. The lowest BCUT2D eigenvalue weighted by Crippen LogP contribution is -2.38. The molecule has 3 heterocycles. The third-order valence-electron chi connectivity index (χ3n) is 5.86. The smallest absolute Gasteiger partial charge is 0.298 e. The highest BCUT2D eigenvalue weighted by molar-refractivity contribution is 6.07. The van der Waals surface area contributed by atoms with Crippen LogP contribution in [-0.4, -0.2) is 39.3 Å². The van der Waals surface area contributed by atoms with Gasteiger partial charge in [-0.2, -0.15) is 4.98 Å². The van der Waals surface area contributed by atoms with Crippen LogP contribution in [0.3, 0.4) is 0 Å². The number of hydrogen-bond donors (Lipinski definition) is 1. The van der Waals surface area contributed by atoms with Crippen LogP contribution in [0.25, 0.3) is 11.1 Å². The minimum atomic E-state index is -0.151. The van der Waals surface area contributed by atoms with Crippen molar-refractivity contribution < 1.29 is 14.0 Å². The molecule has 1 amide bonds. The number of ketones is 1. The number of rotatable bonds is 5. The fourth-order valence-electron chi connectivity index (χ4n) is 3.99. The first-order chi connectivity index (χ1) is 15.6. The van der Waals surface area contributed by atoms with Gasteiger partial charge in [-0.05, 0) is 49.2 Å². The number of fused-ring (bicyclic) bond motifs is 1. The summed E-state index contributed by atoms with van der Waals surface area (Å²) in [5, 5.41) is 2.97. The van der Waals surface area contributed by atoms with Gasteiger partial charge in [-0.1, -0.05) is 12.1 Å². The Hall–Kier alpha value is -3.94. The quantitative estimate of drug-likeness (QED) is 0.487. The van der Waals surface area contributed by atoms with Gasteiger partial charge in [-0.15, -0.1) is 0 Å². The molecule has 2 aromatic carbocycles. The second-order valence-corrected chi connectivity index (χ2v) is 7.98. The van der Waals surface area contributed by atoms with E-state index >= 15 is 0 Å². The molecule has 4 aromatic rings. The maximum atomic E-state index is 12.8. The SMILES string of the molecule is Cn1ccnc1C(=O)c1ccc(NC(=O)C2CCN(c3nc4ccccc4o3)CC2)cc1. The van der Waals surface area contributed by atoms with Crippen LogP contribution in [0, 0.1) is 5.92 Å². The normalized spacial score (nSPS) is 14.6.